The van der Waals surface area contributed by atoms with E-state index in [0.29, 0.717) is 0 Å². The molecule has 1 fully saturated rings. The van der Waals surface area contributed by atoms with Crippen molar-refractivity contribution < 1.29 is 9.53 Å². The van der Waals surface area contributed by atoms with E-state index in [4.69, 9.17) is 4.74 Å². The fraction of sp³-hybridized carbons (Fsp3) is 0.875. The number of ether oxygens (including phenoxy) is 1. The van der Waals surface area contributed by atoms with Gasteiger partial charge >= 0.3 is 5.97 Å². The molecule has 64 valence electrons. The highest BCUT2D eigenvalue weighted by Crippen LogP contribution is 2.10. The molecule has 1 atom stereocenters. The highest BCUT2D eigenvalue weighted by atomic mass is 16.5. The average molecular weight is 157 g/mol. The quantitative estimate of drug-likeness (QED) is 0.595. The lowest BCUT2D eigenvalue weighted by atomic mass is 10.1. The van der Waals surface area contributed by atoms with Crippen molar-refractivity contribution >= 4 is 5.97 Å². The number of carbonyl (C=O) groups is 1. The summed E-state index contributed by atoms with van der Waals surface area (Å²) in [6.45, 7) is 5.48. The monoisotopic (exact) mass is 157 g/mol. The van der Waals surface area contributed by atoms with Crippen LogP contribution in [0.3, 0.4) is 0 Å². The second-order valence-corrected chi connectivity index (χ2v) is 3.18. The van der Waals surface area contributed by atoms with Crippen LogP contribution in [0.5, 0.6) is 0 Å². The number of carbonyl (C=O) groups excluding carboxylic acids is 1. The van der Waals surface area contributed by atoms with Gasteiger partial charge in [0.1, 0.15) is 0 Å². The van der Waals surface area contributed by atoms with Crippen LogP contribution in [0.15, 0.2) is 0 Å². The maximum Gasteiger partial charge on any atom is 0.310 e. The van der Waals surface area contributed by atoms with Crippen LogP contribution >= 0.6 is 0 Å². The fourth-order valence-corrected chi connectivity index (χ4v) is 1.18. The van der Waals surface area contributed by atoms with Gasteiger partial charge in [0.25, 0.3) is 0 Å². The molecule has 3 heteroatoms. The lowest BCUT2D eigenvalue weighted by Crippen LogP contribution is -2.22. The van der Waals surface area contributed by atoms with Crippen LogP contribution in [-0.4, -0.2) is 25.2 Å². The highest BCUT2D eigenvalue weighted by Gasteiger charge is 2.24. The van der Waals surface area contributed by atoms with Gasteiger partial charge < -0.3 is 10.1 Å². The van der Waals surface area contributed by atoms with Gasteiger partial charge in [0, 0.05) is 6.54 Å². The molecule has 0 aromatic carbocycles. The molecule has 0 amide bonds. The minimum Gasteiger partial charge on any atom is -0.463 e. The molecule has 0 aromatic rings. The van der Waals surface area contributed by atoms with Crippen molar-refractivity contribution in [2.24, 2.45) is 5.92 Å². The summed E-state index contributed by atoms with van der Waals surface area (Å²) in [4.78, 5) is 11.2. The van der Waals surface area contributed by atoms with Crippen LogP contribution in [0.25, 0.3) is 0 Å². The number of esters is 1. The summed E-state index contributed by atoms with van der Waals surface area (Å²) in [5, 5.41) is 3.13. The van der Waals surface area contributed by atoms with Crippen molar-refractivity contribution in [2.45, 2.75) is 26.4 Å². The topological polar surface area (TPSA) is 38.3 Å². The van der Waals surface area contributed by atoms with E-state index in [1.54, 1.807) is 0 Å². The second kappa shape index (κ2) is 3.72. The van der Waals surface area contributed by atoms with Crippen LogP contribution in [0.1, 0.15) is 20.3 Å². The van der Waals surface area contributed by atoms with Crippen molar-refractivity contribution in [2.75, 3.05) is 13.1 Å². The molecule has 0 spiro atoms. The Kier molecular flexibility index (Phi) is 2.88. The molecule has 1 aliphatic heterocycles. The third-order valence-corrected chi connectivity index (χ3v) is 1.75. The Morgan fingerprint density at radius 2 is 2.36 bits per heavy atom. The van der Waals surface area contributed by atoms with Gasteiger partial charge in [0.15, 0.2) is 0 Å². The Balaban J connectivity index is 2.28. The van der Waals surface area contributed by atoms with E-state index in [2.05, 4.69) is 5.32 Å². The molecule has 1 rings (SSSR count). The Morgan fingerprint density at radius 3 is 2.82 bits per heavy atom. The molecular formula is C8H15NO2. The Labute approximate surface area is 67.1 Å². The molecule has 1 unspecified atom stereocenters. The van der Waals surface area contributed by atoms with Crippen molar-refractivity contribution in [3.8, 4) is 0 Å². The molecule has 0 bridgehead atoms. The van der Waals surface area contributed by atoms with Crippen molar-refractivity contribution in [3.05, 3.63) is 0 Å². The van der Waals surface area contributed by atoms with E-state index in [9.17, 15) is 4.79 Å². The van der Waals surface area contributed by atoms with Gasteiger partial charge in [-0.2, -0.15) is 0 Å². The molecule has 0 aromatic heterocycles. The van der Waals surface area contributed by atoms with Crippen LogP contribution in [0.2, 0.25) is 0 Å². The summed E-state index contributed by atoms with van der Waals surface area (Å²) in [6, 6.07) is 0. The van der Waals surface area contributed by atoms with Crippen molar-refractivity contribution in [1.29, 1.82) is 0 Å². The number of rotatable bonds is 2. The molecular weight excluding hydrogens is 142 g/mol. The highest BCUT2D eigenvalue weighted by molar-refractivity contribution is 5.73. The fourth-order valence-electron chi connectivity index (χ4n) is 1.18. The van der Waals surface area contributed by atoms with E-state index in [-0.39, 0.29) is 18.0 Å². The second-order valence-electron chi connectivity index (χ2n) is 3.18. The standard InChI is InChI=1S/C8H15NO2/c1-6(2)11-8(10)7-3-4-9-5-7/h6-7,9H,3-5H2,1-2H3. The molecule has 0 saturated carbocycles. The maximum absolute atomic E-state index is 11.2. The molecule has 1 saturated heterocycles. The largest absolute Gasteiger partial charge is 0.463 e. The van der Waals surface area contributed by atoms with E-state index in [1.165, 1.54) is 0 Å². The third-order valence-electron chi connectivity index (χ3n) is 1.75. The predicted molar refractivity (Wildman–Crippen MR) is 42.2 cm³/mol. The van der Waals surface area contributed by atoms with Crippen LogP contribution in [0, 0.1) is 5.92 Å². The summed E-state index contributed by atoms with van der Waals surface area (Å²) in [5.41, 5.74) is 0. The summed E-state index contributed by atoms with van der Waals surface area (Å²) < 4.78 is 5.06. The van der Waals surface area contributed by atoms with Crippen molar-refractivity contribution in [1.82, 2.24) is 5.32 Å². The first-order valence-corrected chi connectivity index (χ1v) is 4.11. The van der Waals surface area contributed by atoms with Crippen LogP contribution in [-0.2, 0) is 9.53 Å². The summed E-state index contributed by atoms with van der Waals surface area (Å²) in [7, 11) is 0. The maximum atomic E-state index is 11.2. The lowest BCUT2D eigenvalue weighted by Gasteiger charge is -2.11. The summed E-state index contributed by atoms with van der Waals surface area (Å²) >= 11 is 0. The van der Waals surface area contributed by atoms with Crippen LogP contribution in [0.4, 0.5) is 0 Å². The smallest absolute Gasteiger partial charge is 0.310 e. The summed E-state index contributed by atoms with van der Waals surface area (Å²) in [5.74, 6) is 0.0439. The molecule has 1 heterocycles. The van der Waals surface area contributed by atoms with Crippen LogP contribution < -0.4 is 5.32 Å². The van der Waals surface area contributed by atoms with Gasteiger partial charge in [-0.05, 0) is 26.8 Å². The first-order chi connectivity index (χ1) is 5.20. The first-order valence-electron chi connectivity index (χ1n) is 4.11. The normalized spacial score (nSPS) is 24.1. The molecule has 3 nitrogen and oxygen atoms in total. The molecule has 0 radical (unpaired) electrons. The lowest BCUT2D eigenvalue weighted by molar-refractivity contribution is -0.151. The summed E-state index contributed by atoms with van der Waals surface area (Å²) in [6.07, 6.45) is 0.939. The van der Waals surface area contributed by atoms with Gasteiger partial charge in [-0.15, -0.1) is 0 Å². The van der Waals surface area contributed by atoms with E-state index < -0.39 is 0 Å². The van der Waals surface area contributed by atoms with Gasteiger partial charge in [0.05, 0.1) is 12.0 Å². The molecule has 1 aliphatic rings. The van der Waals surface area contributed by atoms with Gasteiger partial charge in [-0.1, -0.05) is 0 Å². The third kappa shape index (κ3) is 2.50. The minimum atomic E-state index is -0.0509. The Morgan fingerprint density at radius 1 is 1.64 bits per heavy atom. The number of hydrogen-bond donors (Lipinski definition) is 1. The van der Waals surface area contributed by atoms with Gasteiger partial charge in [0.2, 0.25) is 0 Å². The predicted octanol–water partition coefficient (Wildman–Crippen LogP) is 0.547. The average Bonchev–Trinajstić information content (AvgIpc) is 2.35. The zero-order valence-corrected chi connectivity index (χ0v) is 7.09. The SMILES string of the molecule is CC(C)OC(=O)C1CCNC1. The first kappa shape index (κ1) is 8.53. The number of hydrogen-bond acceptors (Lipinski definition) is 3. The van der Waals surface area contributed by atoms with Gasteiger partial charge in [-0.3, -0.25) is 4.79 Å². The molecule has 0 aliphatic carbocycles. The number of nitrogens with one attached hydrogen (secondary N) is 1. The van der Waals surface area contributed by atoms with E-state index >= 15 is 0 Å². The molecule has 11 heavy (non-hydrogen) atoms. The zero-order valence-electron chi connectivity index (χ0n) is 7.09. The van der Waals surface area contributed by atoms with E-state index in [1.807, 2.05) is 13.8 Å². The van der Waals surface area contributed by atoms with Crippen molar-refractivity contribution in [3.63, 3.8) is 0 Å². The Hall–Kier alpha value is -0.570. The Bertz CT molecular complexity index is 139. The zero-order chi connectivity index (χ0) is 8.27. The minimum absolute atomic E-state index is 0.0168. The van der Waals surface area contributed by atoms with Gasteiger partial charge in [-0.25, -0.2) is 0 Å². The molecule has 1 N–H and O–H groups in total. The van der Waals surface area contributed by atoms with E-state index in [0.717, 1.165) is 19.5 Å².